The van der Waals surface area contributed by atoms with Gasteiger partial charge in [0, 0.05) is 24.7 Å². The van der Waals surface area contributed by atoms with Crippen LogP contribution in [0.5, 0.6) is 0 Å². The molecule has 4 fully saturated rings. The van der Waals surface area contributed by atoms with Crippen molar-refractivity contribution in [1.82, 2.24) is 4.90 Å². The van der Waals surface area contributed by atoms with Crippen molar-refractivity contribution in [3.05, 3.63) is 41.5 Å². The third-order valence-electron chi connectivity index (χ3n) is 8.10. The van der Waals surface area contributed by atoms with E-state index < -0.39 is 22.8 Å². The molecular formula is C21H24N2O4. The van der Waals surface area contributed by atoms with Gasteiger partial charge in [-0.2, -0.15) is 0 Å². The van der Waals surface area contributed by atoms with Crippen molar-refractivity contribution in [3.8, 4) is 0 Å². The monoisotopic (exact) mass is 368 g/mol. The van der Waals surface area contributed by atoms with Crippen LogP contribution in [0.4, 0.5) is 5.69 Å². The van der Waals surface area contributed by atoms with E-state index in [1.54, 1.807) is 0 Å². The zero-order chi connectivity index (χ0) is 18.6. The molecule has 4 heterocycles. The van der Waals surface area contributed by atoms with Crippen LogP contribution in [-0.4, -0.2) is 54.2 Å². The summed E-state index contributed by atoms with van der Waals surface area (Å²) in [5.74, 6) is -1.69. The lowest BCUT2D eigenvalue weighted by molar-refractivity contribution is -0.286. The van der Waals surface area contributed by atoms with Gasteiger partial charge < -0.3 is 19.9 Å². The molecule has 4 aliphatic heterocycles. The average molecular weight is 368 g/mol. The molecule has 1 spiro atoms. The fraction of sp³-hybridized carbons (Fsp3) is 0.571. The fourth-order valence-electron chi connectivity index (χ4n) is 7.23. The number of nitrogens with one attached hydrogen (secondary N) is 1. The number of hydrogen-bond acceptors (Lipinski definition) is 6. The third kappa shape index (κ3) is 1.39. The van der Waals surface area contributed by atoms with Crippen LogP contribution in [0.25, 0.3) is 0 Å². The average Bonchev–Trinajstić information content (AvgIpc) is 2.76. The highest BCUT2D eigenvalue weighted by atomic mass is 16.7. The standard InChI is InChI=1S/C21H24N2O4/c1-3-12-11-23-9-8-19-13-6-4-5-7-15(13)22-17-20(19,18(24)26-2)14(12)10-16(23)21(19,25)27-17/h3-7,14,16-17,22,25H,8-11H2,1-2H3/t14-,16-,17-,19-,20+,21+/m0/s1. The summed E-state index contributed by atoms with van der Waals surface area (Å²) in [5.41, 5.74) is 1.42. The maximum Gasteiger partial charge on any atom is 0.318 e. The Hall–Kier alpha value is -1.89. The van der Waals surface area contributed by atoms with Crippen molar-refractivity contribution >= 4 is 11.7 Å². The number of fused-ring (bicyclic) bond motifs is 2. The van der Waals surface area contributed by atoms with Crippen LogP contribution in [0.2, 0.25) is 0 Å². The van der Waals surface area contributed by atoms with Gasteiger partial charge in [0.1, 0.15) is 11.6 Å². The molecule has 6 heteroatoms. The number of hydrogen-bond donors (Lipinski definition) is 2. The number of para-hydroxylation sites is 1. The molecule has 1 aliphatic carbocycles. The number of methoxy groups -OCH3 is 1. The topological polar surface area (TPSA) is 71.0 Å². The number of anilines is 1. The molecule has 6 nitrogen and oxygen atoms in total. The normalized spacial score (nSPS) is 47.5. The second-order valence-electron chi connectivity index (χ2n) is 8.54. The summed E-state index contributed by atoms with van der Waals surface area (Å²) < 4.78 is 11.8. The van der Waals surface area contributed by atoms with E-state index in [0.717, 1.165) is 24.3 Å². The number of esters is 1. The van der Waals surface area contributed by atoms with Crippen molar-refractivity contribution in [1.29, 1.82) is 0 Å². The maximum atomic E-state index is 13.6. The number of carbonyl (C=O) groups is 1. The third-order valence-corrected chi connectivity index (χ3v) is 8.10. The highest BCUT2D eigenvalue weighted by Gasteiger charge is 2.87. The van der Waals surface area contributed by atoms with Crippen LogP contribution in [-0.2, 0) is 19.7 Å². The van der Waals surface area contributed by atoms with Crippen molar-refractivity contribution in [2.75, 3.05) is 25.5 Å². The molecule has 1 aromatic carbocycles. The van der Waals surface area contributed by atoms with E-state index in [-0.39, 0.29) is 17.9 Å². The first-order chi connectivity index (χ1) is 13.0. The van der Waals surface area contributed by atoms with Gasteiger partial charge >= 0.3 is 5.97 Å². The summed E-state index contributed by atoms with van der Waals surface area (Å²) in [6.45, 7) is 3.65. The number of ether oxygens (including phenoxy) is 2. The second kappa shape index (κ2) is 4.74. The number of carbonyl (C=O) groups excluding carboxylic acids is 1. The Morgan fingerprint density at radius 3 is 3.04 bits per heavy atom. The zero-order valence-corrected chi connectivity index (χ0v) is 15.6. The number of benzene rings is 1. The molecule has 5 aliphatic rings. The van der Waals surface area contributed by atoms with Crippen molar-refractivity contribution in [3.63, 3.8) is 0 Å². The quantitative estimate of drug-likeness (QED) is 0.580. The highest BCUT2D eigenvalue weighted by molar-refractivity contribution is 5.86. The van der Waals surface area contributed by atoms with Crippen LogP contribution >= 0.6 is 0 Å². The van der Waals surface area contributed by atoms with Gasteiger partial charge in [0.05, 0.1) is 18.6 Å². The number of nitrogens with zero attached hydrogens (tertiary/aromatic N) is 1. The summed E-state index contributed by atoms with van der Waals surface area (Å²) in [5, 5.41) is 15.5. The van der Waals surface area contributed by atoms with Gasteiger partial charge in [-0.1, -0.05) is 29.8 Å². The smallest absolute Gasteiger partial charge is 0.318 e. The first kappa shape index (κ1) is 16.1. The lowest BCUT2D eigenvalue weighted by atomic mass is 9.41. The molecule has 6 rings (SSSR count). The Kier molecular flexibility index (Phi) is 2.83. The van der Waals surface area contributed by atoms with Crippen LogP contribution < -0.4 is 5.32 Å². The Morgan fingerprint density at radius 2 is 2.26 bits per heavy atom. The molecule has 6 atom stereocenters. The number of piperidine rings is 2. The van der Waals surface area contributed by atoms with Gasteiger partial charge in [0.2, 0.25) is 0 Å². The first-order valence-corrected chi connectivity index (χ1v) is 9.78. The van der Waals surface area contributed by atoms with E-state index in [4.69, 9.17) is 9.47 Å². The van der Waals surface area contributed by atoms with Gasteiger partial charge in [-0.25, -0.2) is 0 Å². The minimum absolute atomic E-state index is 0.00914. The Morgan fingerprint density at radius 1 is 1.44 bits per heavy atom. The summed E-state index contributed by atoms with van der Waals surface area (Å²) in [6, 6.07) is 7.90. The molecule has 1 saturated carbocycles. The van der Waals surface area contributed by atoms with E-state index in [9.17, 15) is 9.90 Å². The SMILES string of the molecule is CC=C1CN2CC[C@@]34c5ccccc5N[C@H]5O[C@]3(O)[C@@H]2C[C@@H]1[C@]54C(=O)OC. The van der Waals surface area contributed by atoms with E-state index in [1.807, 2.05) is 31.2 Å². The fourth-order valence-corrected chi connectivity index (χ4v) is 7.23. The van der Waals surface area contributed by atoms with E-state index >= 15 is 0 Å². The lowest BCUT2D eigenvalue weighted by Crippen LogP contribution is -2.79. The summed E-state index contributed by atoms with van der Waals surface area (Å²) >= 11 is 0. The predicted molar refractivity (Wildman–Crippen MR) is 97.9 cm³/mol. The number of rotatable bonds is 1. The van der Waals surface area contributed by atoms with Crippen molar-refractivity contribution < 1.29 is 19.4 Å². The van der Waals surface area contributed by atoms with Crippen LogP contribution in [0, 0.1) is 11.3 Å². The maximum absolute atomic E-state index is 13.6. The minimum atomic E-state index is -1.40. The highest BCUT2D eigenvalue weighted by Crippen LogP contribution is 2.75. The van der Waals surface area contributed by atoms with Gasteiger partial charge in [-0.15, -0.1) is 0 Å². The van der Waals surface area contributed by atoms with Gasteiger partial charge in [-0.3, -0.25) is 9.69 Å². The Bertz CT molecular complexity index is 900. The van der Waals surface area contributed by atoms with Crippen LogP contribution in [0.15, 0.2) is 35.9 Å². The molecule has 142 valence electrons. The van der Waals surface area contributed by atoms with Crippen molar-refractivity contribution in [2.45, 2.75) is 43.2 Å². The molecule has 27 heavy (non-hydrogen) atoms. The predicted octanol–water partition coefficient (Wildman–Crippen LogP) is 1.61. The largest absolute Gasteiger partial charge is 0.468 e. The van der Waals surface area contributed by atoms with Gasteiger partial charge in [0.25, 0.3) is 0 Å². The van der Waals surface area contributed by atoms with Crippen LogP contribution in [0.3, 0.4) is 0 Å². The molecule has 2 N–H and O–H groups in total. The van der Waals surface area contributed by atoms with E-state index in [2.05, 4.69) is 16.3 Å². The summed E-state index contributed by atoms with van der Waals surface area (Å²) in [7, 11) is 1.45. The molecule has 0 unspecified atom stereocenters. The van der Waals surface area contributed by atoms with Gasteiger partial charge in [0.15, 0.2) is 5.79 Å². The second-order valence-corrected chi connectivity index (χ2v) is 8.54. The minimum Gasteiger partial charge on any atom is -0.468 e. The Balaban J connectivity index is 1.75. The zero-order valence-electron chi connectivity index (χ0n) is 15.6. The first-order valence-electron chi connectivity index (χ1n) is 9.78. The van der Waals surface area contributed by atoms with E-state index in [1.165, 1.54) is 12.7 Å². The van der Waals surface area contributed by atoms with E-state index in [0.29, 0.717) is 12.8 Å². The molecule has 1 aromatic rings. The summed E-state index contributed by atoms with van der Waals surface area (Å²) in [6.07, 6.45) is 2.93. The summed E-state index contributed by atoms with van der Waals surface area (Å²) in [4.78, 5) is 15.9. The molecule has 3 saturated heterocycles. The van der Waals surface area contributed by atoms with Crippen LogP contribution in [0.1, 0.15) is 25.3 Å². The molecule has 0 amide bonds. The van der Waals surface area contributed by atoms with Crippen molar-refractivity contribution in [2.24, 2.45) is 11.3 Å². The molecule has 0 aromatic heterocycles. The molecule has 6 bridgehead atoms. The molecular weight excluding hydrogens is 344 g/mol. The number of aliphatic hydroxyl groups is 1. The molecule has 0 radical (unpaired) electrons. The van der Waals surface area contributed by atoms with Gasteiger partial charge in [-0.05, 0) is 31.4 Å². The lowest BCUT2D eigenvalue weighted by Gasteiger charge is -2.67. The Labute approximate surface area is 158 Å². The number of allylic oxidation sites excluding steroid dienone is 1.